The lowest BCUT2D eigenvalue weighted by Crippen LogP contribution is -2.40. The van der Waals surface area contributed by atoms with E-state index in [1.165, 1.54) is 28.2 Å². The molecule has 1 aliphatic heterocycles. The van der Waals surface area contributed by atoms with Gasteiger partial charge < -0.3 is 9.15 Å². The molecule has 3 aromatic rings. The number of hydrogen-bond donors (Lipinski definition) is 0. The van der Waals surface area contributed by atoms with Gasteiger partial charge in [-0.3, -0.25) is 0 Å². The molecule has 0 atom stereocenters. The summed E-state index contributed by atoms with van der Waals surface area (Å²) in [7, 11) is -3.58. The molecule has 2 heterocycles. The molecule has 0 spiro atoms. The first-order valence-corrected chi connectivity index (χ1v) is 11.1. The van der Waals surface area contributed by atoms with Gasteiger partial charge in [0.25, 0.3) is 5.22 Å². The quantitative estimate of drug-likeness (QED) is 0.591. The molecule has 1 aliphatic rings. The van der Waals surface area contributed by atoms with Crippen molar-refractivity contribution in [2.45, 2.75) is 15.9 Å². The van der Waals surface area contributed by atoms with Gasteiger partial charge in [0.05, 0.1) is 29.7 Å². The van der Waals surface area contributed by atoms with Gasteiger partial charge >= 0.3 is 0 Å². The molecule has 2 aromatic carbocycles. The first kappa shape index (κ1) is 19.0. The van der Waals surface area contributed by atoms with Gasteiger partial charge in [-0.05, 0) is 29.8 Å². The molecule has 0 amide bonds. The van der Waals surface area contributed by atoms with Crippen molar-refractivity contribution in [3.05, 3.63) is 53.6 Å². The van der Waals surface area contributed by atoms with E-state index in [2.05, 4.69) is 11.1 Å². The van der Waals surface area contributed by atoms with E-state index < -0.39 is 10.0 Å². The molecule has 7 nitrogen and oxygen atoms in total. The molecule has 0 N–H and O–H groups in total. The molecule has 0 saturated carbocycles. The number of morpholine rings is 1. The second-order valence-electron chi connectivity index (χ2n) is 6.18. The number of aromatic nitrogens is 1. The third-order valence-corrected chi connectivity index (χ3v) is 7.21. The predicted octanol–water partition coefficient (Wildman–Crippen LogP) is 3.01. The molecule has 28 heavy (non-hydrogen) atoms. The molecule has 0 radical (unpaired) electrons. The van der Waals surface area contributed by atoms with Crippen molar-refractivity contribution in [3.63, 3.8) is 0 Å². The fourth-order valence-corrected chi connectivity index (χ4v) is 5.21. The number of rotatable bonds is 5. The number of nitrogens with zero attached hydrogens (tertiary/aromatic N) is 3. The second-order valence-corrected chi connectivity index (χ2v) is 9.05. The first-order valence-electron chi connectivity index (χ1n) is 8.67. The van der Waals surface area contributed by atoms with Crippen LogP contribution in [0.5, 0.6) is 0 Å². The molecule has 4 rings (SSSR count). The Labute approximate surface area is 167 Å². The lowest BCUT2D eigenvalue weighted by molar-refractivity contribution is 0.0730. The monoisotopic (exact) mass is 415 g/mol. The van der Waals surface area contributed by atoms with Gasteiger partial charge in [-0.25, -0.2) is 13.4 Å². The minimum Gasteiger partial charge on any atom is -0.431 e. The van der Waals surface area contributed by atoms with E-state index in [0.29, 0.717) is 53.9 Å². The van der Waals surface area contributed by atoms with Crippen LogP contribution in [0.4, 0.5) is 0 Å². The van der Waals surface area contributed by atoms with E-state index >= 15 is 0 Å². The molecule has 1 saturated heterocycles. The number of ether oxygens (including phenoxy) is 1. The van der Waals surface area contributed by atoms with Gasteiger partial charge in [0, 0.05) is 18.8 Å². The summed E-state index contributed by atoms with van der Waals surface area (Å²) < 4.78 is 38.0. The van der Waals surface area contributed by atoms with Crippen molar-refractivity contribution >= 4 is 32.9 Å². The zero-order valence-electron chi connectivity index (χ0n) is 14.9. The Morgan fingerprint density at radius 3 is 2.75 bits per heavy atom. The minimum absolute atomic E-state index is 0.196. The van der Waals surface area contributed by atoms with Crippen LogP contribution in [-0.2, 0) is 20.5 Å². The molecular formula is C19H17N3O4S2. The highest BCUT2D eigenvalue weighted by Crippen LogP contribution is 2.29. The van der Waals surface area contributed by atoms with Gasteiger partial charge in [-0.15, -0.1) is 0 Å². The summed E-state index contributed by atoms with van der Waals surface area (Å²) >= 11 is 1.36. The number of benzene rings is 2. The summed E-state index contributed by atoms with van der Waals surface area (Å²) in [5.74, 6) is 0.537. The van der Waals surface area contributed by atoms with Gasteiger partial charge in [0.15, 0.2) is 5.58 Å². The van der Waals surface area contributed by atoms with Gasteiger partial charge in [0.2, 0.25) is 10.0 Å². The van der Waals surface area contributed by atoms with Gasteiger partial charge in [-0.1, -0.05) is 30.0 Å². The Balaban J connectivity index is 1.56. The maximum absolute atomic E-state index is 12.8. The van der Waals surface area contributed by atoms with E-state index in [9.17, 15) is 13.7 Å². The van der Waals surface area contributed by atoms with Crippen LogP contribution in [0.2, 0.25) is 0 Å². The fourth-order valence-electron chi connectivity index (χ4n) is 2.94. The Kier molecular flexibility index (Phi) is 5.37. The van der Waals surface area contributed by atoms with Crippen molar-refractivity contribution in [3.8, 4) is 6.07 Å². The van der Waals surface area contributed by atoms with Crippen LogP contribution in [-0.4, -0.2) is 44.0 Å². The summed E-state index contributed by atoms with van der Waals surface area (Å²) in [6.07, 6.45) is 0. The molecule has 1 aromatic heterocycles. The number of fused-ring (bicyclic) bond motifs is 1. The Bertz CT molecular complexity index is 1150. The second kappa shape index (κ2) is 7.93. The smallest absolute Gasteiger partial charge is 0.257 e. The summed E-state index contributed by atoms with van der Waals surface area (Å²) in [6.45, 7) is 1.49. The Morgan fingerprint density at radius 1 is 1.18 bits per heavy atom. The highest BCUT2D eigenvalue weighted by atomic mass is 32.2. The lowest BCUT2D eigenvalue weighted by Gasteiger charge is -2.25. The van der Waals surface area contributed by atoms with Crippen LogP contribution in [0, 0.1) is 11.3 Å². The third-order valence-electron chi connectivity index (χ3n) is 4.44. The van der Waals surface area contributed by atoms with Crippen LogP contribution in [0.1, 0.15) is 11.1 Å². The minimum atomic E-state index is -3.58. The summed E-state index contributed by atoms with van der Waals surface area (Å²) in [5, 5.41) is 9.61. The van der Waals surface area contributed by atoms with E-state index in [0.717, 1.165) is 5.56 Å². The van der Waals surface area contributed by atoms with E-state index in [1.807, 2.05) is 18.2 Å². The zero-order chi connectivity index (χ0) is 19.6. The number of sulfonamides is 1. The standard InChI is InChI=1S/C19H17N3O4S2/c20-12-14-3-1-2-4-15(14)13-27-19-21-17-11-16(5-6-18(17)26-19)28(23,24)22-7-9-25-10-8-22/h1-6,11H,7-10,13H2. The van der Waals surface area contributed by atoms with Crippen LogP contribution < -0.4 is 0 Å². The SMILES string of the molecule is N#Cc1ccccc1CSc1nc2cc(S(=O)(=O)N3CCOCC3)ccc2o1. The first-order chi connectivity index (χ1) is 13.6. The number of nitriles is 1. The van der Waals surface area contributed by atoms with Crippen molar-refractivity contribution in [2.75, 3.05) is 26.3 Å². The molecular weight excluding hydrogens is 398 g/mol. The number of oxazole rings is 1. The molecule has 1 fully saturated rings. The fraction of sp³-hybridized carbons (Fsp3) is 0.263. The maximum atomic E-state index is 12.8. The molecule has 0 aliphatic carbocycles. The normalized spacial score (nSPS) is 15.5. The molecule has 9 heteroatoms. The molecule has 0 bridgehead atoms. The van der Waals surface area contributed by atoms with Crippen LogP contribution in [0.15, 0.2) is 57.0 Å². The summed E-state index contributed by atoms with van der Waals surface area (Å²) in [4.78, 5) is 4.60. The predicted molar refractivity (Wildman–Crippen MR) is 104 cm³/mol. The van der Waals surface area contributed by atoms with E-state index in [-0.39, 0.29) is 4.90 Å². The largest absolute Gasteiger partial charge is 0.431 e. The highest BCUT2D eigenvalue weighted by molar-refractivity contribution is 7.98. The lowest BCUT2D eigenvalue weighted by atomic mass is 10.1. The zero-order valence-corrected chi connectivity index (χ0v) is 16.5. The highest BCUT2D eigenvalue weighted by Gasteiger charge is 2.27. The van der Waals surface area contributed by atoms with Crippen molar-refractivity contribution < 1.29 is 17.6 Å². The Morgan fingerprint density at radius 2 is 1.96 bits per heavy atom. The van der Waals surface area contributed by atoms with Crippen molar-refractivity contribution in [2.24, 2.45) is 0 Å². The average Bonchev–Trinajstić information content (AvgIpc) is 3.15. The van der Waals surface area contributed by atoms with Crippen LogP contribution in [0.3, 0.4) is 0 Å². The van der Waals surface area contributed by atoms with Gasteiger partial charge in [-0.2, -0.15) is 9.57 Å². The van der Waals surface area contributed by atoms with Gasteiger partial charge in [0.1, 0.15) is 5.52 Å². The average molecular weight is 415 g/mol. The van der Waals surface area contributed by atoms with E-state index in [1.54, 1.807) is 12.1 Å². The summed E-state index contributed by atoms with van der Waals surface area (Å²) in [6, 6.07) is 14.2. The summed E-state index contributed by atoms with van der Waals surface area (Å²) in [5.41, 5.74) is 2.53. The van der Waals surface area contributed by atoms with Crippen LogP contribution in [0.25, 0.3) is 11.1 Å². The number of thioether (sulfide) groups is 1. The van der Waals surface area contributed by atoms with Crippen LogP contribution >= 0.6 is 11.8 Å². The van der Waals surface area contributed by atoms with Crippen molar-refractivity contribution in [1.29, 1.82) is 5.26 Å². The van der Waals surface area contributed by atoms with E-state index in [4.69, 9.17) is 9.15 Å². The molecule has 144 valence electrons. The topological polar surface area (TPSA) is 96.4 Å². The maximum Gasteiger partial charge on any atom is 0.257 e. The molecule has 0 unspecified atom stereocenters. The Hall–Kier alpha value is -2.38. The van der Waals surface area contributed by atoms with Crippen molar-refractivity contribution in [1.82, 2.24) is 9.29 Å². The third kappa shape index (κ3) is 3.77. The number of hydrogen-bond acceptors (Lipinski definition) is 7.